The summed E-state index contributed by atoms with van der Waals surface area (Å²) in [5.74, 6) is 0.649. The lowest BCUT2D eigenvalue weighted by atomic mass is 10.1. The highest BCUT2D eigenvalue weighted by atomic mass is 16.5. The van der Waals surface area contributed by atoms with Crippen molar-refractivity contribution in [3.8, 4) is 5.75 Å². The smallest absolute Gasteiger partial charge is 0.258 e. The summed E-state index contributed by atoms with van der Waals surface area (Å²) in [5.41, 5.74) is 3.30. The van der Waals surface area contributed by atoms with Crippen LogP contribution in [0.3, 0.4) is 0 Å². The van der Waals surface area contributed by atoms with Crippen molar-refractivity contribution < 1.29 is 14.1 Å². The van der Waals surface area contributed by atoms with Gasteiger partial charge in [0, 0.05) is 12.2 Å². The molecule has 4 rings (SSSR count). The van der Waals surface area contributed by atoms with Gasteiger partial charge in [-0.2, -0.15) is 0 Å². The number of aryl methyl sites for hydroxylation is 2. The second kappa shape index (κ2) is 6.72. The summed E-state index contributed by atoms with van der Waals surface area (Å²) in [6.45, 7) is 4.05. The number of rotatable bonds is 4. The zero-order valence-corrected chi connectivity index (χ0v) is 15.4. The van der Waals surface area contributed by atoms with Crippen molar-refractivity contribution in [3.63, 3.8) is 0 Å². The van der Waals surface area contributed by atoms with E-state index in [0.717, 1.165) is 22.1 Å². The van der Waals surface area contributed by atoms with Crippen LogP contribution in [0.15, 0.2) is 47.0 Å². The maximum atomic E-state index is 12.8. The van der Waals surface area contributed by atoms with Crippen LogP contribution >= 0.6 is 0 Å². The second-order valence-electron chi connectivity index (χ2n) is 6.49. The molecule has 2 aromatic heterocycles. The highest BCUT2D eigenvalue weighted by Gasteiger charge is 2.17. The predicted molar refractivity (Wildman–Crippen MR) is 103 cm³/mol. The maximum Gasteiger partial charge on any atom is 0.258 e. The number of carbonyl (C=O) groups is 1. The fourth-order valence-corrected chi connectivity index (χ4v) is 3.18. The van der Waals surface area contributed by atoms with Crippen LogP contribution in [0.4, 0.5) is 0 Å². The van der Waals surface area contributed by atoms with Gasteiger partial charge in [-0.3, -0.25) is 4.79 Å². The quantitative estimate of drug-likeness (QED) is 0.596. The minimum atomic E-state index is -0.174. The van der Waals surface area contributed by atoms with Gasteiger partial charge in [-0.15, -0.1) is 0 Å². The molecule has 2 heterocycles. The van der Waals surface area contributed by atoms with Crippen molar-refractivity contribution in [1.82, 2.24) is 15.5 Å². The van der Waals surface area contributed by atoms with E-state index in [4.69, 9.17) is 9.26 Å². The van der Waals surface area contributed by atoms with Gasteiger partial charge < -0.3 is 14.6 Å². The van der Waals surface area contributed by atoms with E-state index in [-0.39, 0.29) is 5.91 Å². The van der Waals surface area contributed by atoms with Gasteiger partial charge in [0.2, 0.25) is 0 Å². The zero-order chi connectivity index (χ0) is 19.0. The Kier molecular flexibility index (Phi) is 4.24. The molecule has 4 aromatic rings. The van der Waals surface area contributed by atoms with E-state index in [2.05, 4.69) is 21.5 Å². The highest BCUT2D eigenvalue weighted by Crippen LogP contribution is 2.23. The summed E-state index contributed by atoms with van der Waals surface area (Å²) in [7, 11) is 1.65. The van der Waals surface area contributed by atoms with E-state index in [0.29, 0.717) is 34.6 Å². The van der Waals surface area contributed by atoms with E-state index in [9.17, 15) is 4.79 Å². The van der Waals surface area contributed by atoms with Gasteiger partial charge in [-0.1, -0.05) is 23.4 Å². The second-order valence-corrected chi connectivity index (χ2v) is 6.49. The van der Waals surface area contributed by atoms with Crippen LogP contribution in [0, 0.1) is 13.8 Å². The molecule has 0 atom stereocenters. The third-order valence-corrected chi connectivity index (χ3v) is 4.55. The number of carbonyl (C=O) groups excluding carboxylic acids is 1. The average Bonchev–Trinajstić information content (AvgIpc) is 3.05. The topological polar surface area (TPSA) is 77.2 Å². The molecule has 1 amide bonds. The van der Waals surface area contributed by atoms with Crippen LogP contribution in [0.1, 0.15) is 27.3 Å². The van der Waals surface area contributed by atoms with E-state index in [1.807, 2.05) is 37.3 Å². The fourth-order valence-electron chi connectivity index (χ4n) is 3.18. The molecule has 0 aliphatic rings. The fraction of sp³-hybridized carbons (Fsp3) is 0.190. The number of aromatic nitrogens is 2. The maximum absolute atomic E-state index is 12.8. The summed E-state index contributed by atoms with van der Waals surface area (Å²) in [6, 6.07) is 13.8. The van der Waals surface area contributed by atoms with Gasteiger partial charge in [0.15, 0.2) is 0 Å². The number of methoxy groups -OCH3 is 1. The Labute approximate surface area is 156 Å². The van der Waals surface area contributed by atoms with Crippen LogP contribution in [0.2, 0.25) is 0 Å². The summed E-state index contributed by atoms with van der Waals surface area (Å²) in [5, 5.41) is 9.74. The van der Waals surface area contributed by atoms with Crippen molar-refractivity contribution in [2.75, 3.05) is 7.11 Å². The molecule has 0 radical (unpaired) electrons. The first kappa shape index (κ1) is 17.0. The molecule has 6 nitrogen and oxygen atoms in total. The van der Waals surface area contributed by atoms with Gasteiger partial charge in [0.25, 0.3) is 11.6 Å². The van der Waals surface area contributed by atoms with Crippen molar-refractivity contribution in [2.24, 2.45) is 0 Å². The number of hydrogen-bond acceptors (Lipinski definition) is 5. The molecule has 0 spiro atoms. The molecule has 1 N–H and O–H groups in total. The SMILES string of the molecule is COc1ccc2cc(CNC(=O)c3cc(C)nc4onc(C)c34)ccc2c1. The summed E-state index contributed by atoms with van der Waals surface area (Å²) in [6.07, 6.45) is 0. The minimum Gasteiger partial charge on any atom is -0.497 e. The summed E-state index contributed by atoms with van der Waals surface area (Å²) >= 11 is 0. The van der Waals surface area contributed by atoms with Crippen molar-refractivity contribution in [2.45, 2.75) is 20.4 Å². The van der Waals surface area contributed by atoms with Gasteiger partial charge in [0.05, 0.1) is 23.8 Å². The normalized spacial score (nSPS) is 11.1. The van der Waals surface area contributed by atoms with E-state index < -0.39 is 0 Å². The lowest BCUT2D eigenvalue weighted by molar-refractivity contribution is 0.0952. The molecule has 0 unspecified atom stereocenters. The number of hydrogen-bond donors (Lipinski definition) is 1. The number of ether oxygens (including phenoxy) is 1. The first-order valence-corrected chi connectivity index (χ1v) is 8.63. The van der Waals surface area contributed by atoms with Crippen molar-refractivity contribution in [1.29, 1.82) is 0 Å². The van der Waals surface area contributed by atoms with Crippen LogP contribution in [0.5, 0.6) is 5.75 Å². The molecule has 0 saturated carbocycles. The van der Waals surface area contributed by atoms with Crippen LogP contribution in [-0.4, -0.2) is 23.2 Å². The first-order valence-electron chi connectivity index (χ1n) is 8.63. The first-order chi connectivity index (χ1) is 13.0. The Morgan fingerprint density at radius 3 is 2.70 bits per heavy atom. The number of nitrogens with one attached hydrogen (secondary N) is 1. The predicted octanol–water partition coefficient (Wildman–Crippen LogP) is 3.93. The molecular weight excluding hydrogens is 342 g/mol. The zero-order valence-electron chi connectivity index (χ0n) is 15.4. The number of fused-ring (bicyclic) bond motifs is 2. The van der Waals surface area contributed by atoms with Crippen molar-refractivity contribution in [3.05, 3.63) is 65.0 Å². The molecule has 0 saturated heterocycles. The third-order valence-electron chi connectivity index (χ3n) is 4.55. The molecule has 6 heteroatoms. The average molecular weight is 361 g/mol. The molecule has 0 aliphatic heterocycles. The number of amides is 1. The minimum absolute atomic E-state index is 0.174. The molecule has 0 aliphatic carbocycles. The molecule has 2 aromatic carbocycles. The summed E-state index contributed by atoms with van der Waals surface area (Å²) < 4.78 is 10.5. The standard InChI is InChI=1S/C21H19N3O3/c1-12-8-18(19-13(2)24-27-21(19)23-12)20(25)22-11-14-4-5-16-10-17(26-3)7-6-15(16)9-14/h4-10H,11H2,1-3H3,(H,22,25). The number of nitrogens with zero attached hydrogens (tertiary/aromatic N) is 2. The Hall–Kier alpha value is -3.41. The molecule has 27 heavy (non-hydrogen) atoms. The monoisotopic (exact) mass is 361 g/mol. The Morgan fingerprint density at radius 1 is 1.11 bits per heavy atom. The van der Waals surface area contributed by atoms with E-state index >= 15 is 0 Å². The van der Waals surface area contributed by atoms with Gasteiger partial charge in [0.1, 0.15) is 5.75 Å². The summed E-state index contributed by atoms with van der Waals surface area (Å²) in [4.78, 5) is 17.0. The highest BCUT2D eigenvalue weighted by molar-refractivity contribution is 6.06. The Balaban J connectivity index is 1.58. The largest absolute Gasteiger partial charge is 0.497 e. The van der Waals surface area contributed by atoms with Crippen LogP contribution in [0.25, 0.3) is 21.9 Å². The van der Waals surface area contributed by atoms with Crippen molar-refractivity contribution >= 4 is 27.8 Å². The molecular formula is C21H19N3O3. The number of pyridine rings is 1. The number of benzene rings is 2. The van der Waals surface area contributed by atoms with Gasteiger partial charge >= 0.3 is 0 Å². The Morgan fingerprint density at radius 2 is 1.89 bits per heavy atom. The van der Waals surface area contributed by atoms with E-state index in [1.54, 1.807) is 20.1 Å². The van der Waals surface area contributed by atoms with Gasteiger partial charge in [-0.05, 0) is 54.4 Å². The Bertz CT molecular complexity index is 1160. The molecule has 0 bridgehead atoms. The lowest BCUT2D eigenvalue weighted by Crippen LogP contribution is -2.23. The molecule has 136 valence electrons. The lowest BCUT2D eigenvalue weighted by Gasteiger charge is -2.09. The molecule has 0 fully saturated rings. The van der Waals surface area contributed by atoms with Gasteiger partial charge in [-0.25, -0.2) is 4.98 Å². The van der Waals surface area contributed by atoms with E-state index in [1.165, 1.54) is 0 Å². The van der Waals surface area contributed by atoms with Crippen LogP contribution in [-0.2, 0) is 6.54 Å². The van der Waals surface area contributed by atoms with Crippen LogP contribution < -0.4 is 10.1 Å². The third kappa shape index (κ3) is 3.21.